The fraction of sp³-hybridized carbons (Fsp3) is 0.238. The summed E-state index contributed by atoms with van der Waals surface area (Å²) in [5.41, 5.74) is 2.69. The molecule has 2 rings (SSSR count). The van der Waals surface area contributed by atoms with Crippen LogP contribution in [0.15, 0.2) is 48.5 Å². The van der Waals surface area contributed by atoms with Crippen molar-refractivity contribution in [2.24, 2.45) is 5.92 Å². The lowest BCUT2D eigenvalue weighted by Gasteiger charge is -2.07. The molecule has 4 nitrogen and oxygen atoms in total. The molecule has 1 N–H and O–H groups in total. The molecule has 0 aliphatic heterocycles. The van der Waals surface area contributed by atoms with Gasteiger partial charge in [-0.25, -0.2) is 4.79 Å². The topological polar surface area (TPSA) is 55.4 Å². The van der Waals surface area contributed by atoms with E-state index in [4.69, 9.17) is 4.74 Å². The number of amides is 1. The molecule has 0 spiro atoms. The molecule has 0 aromatic heterocycles. The molecule has 0 aliphatic rings. The maximum atomic E-state index is 11.9. The predicted octanol–water partition coefficient (Wildman–Crippen LogP) is 3.86. The zero-order valence-corrected chi connectivity index (χ0v) is 14.6. The van der Waals surface area contributed by atoms with E-state index in [1.807, 2.05) is 44.2 Å². The average Bonchev–Trinajstić information content (AvgIpc) is 2.59. The Balaban J connectivity index is 2.14. The second-order valence-corrected chi connectivity index (χ2v) is 6.05. The van der Waals surface area contributed by atoms with E-state index in [0.29, 0.717) is 17.9 Å². The van der Waals surface area contributed by atoms with Crippen LogP contribution in [0.5, 0.6) is 0 Å². The van der Waals surface area contributed by atoms with Gasteiger partial charge in [0.05, 0.1) is 12.7 Å². The highest BCUT2D eigenvalue weighted by molar-refractivity contribution is 5.91. The molecule has 0 bridgehead atoms. The molecule has 25 heavy (non-hydrogen) atoms. The van der Waals surface area contributed by atoms with Crippen molar-refractivity contribution >= 4 is 17.6 Å². The summed E-state index contributed by atoms with van der Waals surface area (Å²) in [4.78, 5) is 23.4. The predicted molar refractivity (Wildman–Crippen MR) is 98.3 cm³/mol. The Bertz CT molecular complexity index is 828. The van der Waals surface area contributed by atoms with Crippen LogP contribution >= 0.6 is 0 Å². The number of methoxy groups -OCH3 is 1. The van der Waals surface area contributed by atoms with Crippen molar-refractivity contribution in [3.05, 3.63) is 65.2 Å². The SMILES string of the molecule is COC(=O)c1cccc(C#Cc2cccc(NC(=O)CC(C)C)c2)c1. The van der Waals surface area contributed by atoms with Gasteiger partial charge in [0.15, 0.2) is 0 Å². The van der Waals surface area contributed by atoms with Crippen LogP contribution in [0.4, 0.5) is 5.69 Å². The molecule has 0 heterocycles. The number of ether oxygens (including phenoxy) is 1. The Hall–Kier alpha value is -3.06. The van der Waals surface area contributed by atoms with E-state index in [1.54, 1.807) is 18.2 Å². The molecule has 2 aromatic rings. The van der Waals surface area contributed by atoms with E-state index in [2.05, 4.69) is 17.2 Å². The number of hydrogen-bond acceptors (Lipinski definition) is 3. The lowest BCUT2D eigenvalue weighted by molar-refractivity contribution is -0.116. The third kappa shape index (κ3) is 5.82. The van der Waals surface area contributed by atoms with Gasteiger partial charge in [0.2, 0.25) is 5.91 Å². The van der Waals surface area contributed by atoms with Crippen molar-refractivity contribution < 1.29 is 14.3 Å². The first-order valence-electron chi connectivity index (χ1n) is 8.08. The van der Waals surface area contributed by atoms with E-state index >= 15 is 0 Å². The van der Waals surface area contributed by atoms with Crippen LogP contribution in [0.1, 0.15) is 41.8 Å². The maximum absolute atomic E-state index is 11.9. The minimum Gasteiger partial charge on any atom is -0.465 e. The summed E-state index contributed by atoms with van der Waals surface area (Å²) >= 11 is 0. The molecule has 0 saturated heterocycles. The number of hydrogen-bond donors (Lipinski definition) is 1. The van der Waals surface area contributed by atoms with Crippen molar-refractivity contribution in [1.82, 2.24) is 0 Å². The third-order valence-corrected chi connectivity index (χ3v) is 3.37. The zero-order chi connectivity index (χ0) is 18.2. The summed E-state index contributed by atoms with van der Waals surface area (Å²) < 4.78 is 4.71. The van der Waals surface area contributed by atoms with Gasteiger partial charge in [-0.3, -0.25) is 4.79 Å². The average molecular weight is 335 g/mol. The van der Waals surface area contributed by atoms with Crippen LogP contribution in [-0.2, 0) is 9.53 Å². The third-order valence-electron chi connectivity index (χ3n) is 3.37. The Morgan fingerprint density at radius 2 is 1.68 bits per heavy atom. The van der Waals surface area contributed by atoms with Crippen molar-refractivity contribution in [3.63, 3.8) is 0 Å². The molecular formula is C21H21NO3. The van der Waals surface area contributed by atoms with Gasteiger partial charge in [0.1, 0.15) is 0 Å². The highest BCUT2D eigenvalue weighted by Gasteiger charge is 2.06. The first-order chi connectivity index (χ1) is 12.0. The number of rotatable bonds is 4. The summed E-state index contributed by atoms with van der Waals surface area (Å²) in [6.45, 7) is 4.01. The highest BCUT2D eigenvalue weighted by atomic mass is 16.5. The number of nitrogens with one attached hydrogen (secondary N) is 1. The maximum Gasteiger partial charge on any atom is 0.337 e. The highest BCUT2D eigenvalue weighted by Crippen LogP contribution is 2.12. The number of anilines is 1. The second kappa shape index (κ2) is 8.70. The summed E-state index contributed by atoms with van der Waals surface area (Å²) in [5, 5.41) is 2.88. The molecule has 0 radical (unpaired) electrons. The first kappa shape index (κ1) is 18.3. The lowest BCUT2D eigenvalue weighted by atomic mass is 10.1. The van der Waals surface area contributed by atoms with Gasteiger partial charge in [0.25, 0.3) is 0 Å². The number of benzene rings is 2. The zero-order valence-electron chi connectivity index (χ0n) is 14.6. The summed E-state index contributed by atoms with van der Waals surface area (Å²) in [5.74, 6) is 5.98. The van der Waals surface area contributed by atoms with E-state index in [-0.39, 0.29) is 5.91 Å². The van der Waals surface area contributed by atoms with Crippen LogP contribution in [-0.4, -0.2) is 19.0 Å². The largest absolute Gasteiger partial charge is 0.465 e. The van der Waals surface area contributed by atoms with Crippen LogP contribution in [0, 0.1) is 17.8 Å². The number of carbonyl (C=O) groups is 2. The van der Waals surface area contributed by atoms with Gasteiger partial charge in [-0.1, -0.05) is 37.8 Å². The standard InChI is InChI=1S/C21H21NO3/c1-15(2)12-20(23)22-19-9-5-7-17(14-19)11-10-16-6-4-8-18(13-16)21(24)25-3/h4-9,13-15H,12H2,1-3H3,(H,22,23). The quantitative estimate of drug-likeness (QED) is 0.682. The van der Waals surface area contributed by atoms with Crippen LogP contribution in [0.25, 0.3) is 0 Å². The molecule has 1 amide bonds. The van der Waals surface area contributed by atoms with Gasteiger partial charge in [0, 0.05) is 23.2 Å². The summed E-state index contributed by atoms with van der Waals surface area (Å²) in [6, 6.07) is 14.3. The minimum atomic E-state index is -0.390. The second-order valence-electron chi connectivity index (χ2n) is 6.05. The molecule has 128 valence electrons. The smallest absolute Gasteiger partial charge is 0.337 e. The minimum absolute atomic E-state index is 0.00844. The van der Waals surface area contributed by atoms with Crippen LogP contribution in [0.2, 0.25) is 0 Å². The molecular weight excluding hydrogens is 314 g/mol. The van der Waals surface area contributed by atoms with Gasteiger partial charge >= 0.3 is 5.97 Å². The van der Waals surface area contributed by atoms with Gasteiger partial charge in [-0.15, -0.1) is 0 Å². The Morgan fingerprint density at radius 1 is 1.04 bits per heavy atom. The number of esters is 1. The normalized spacial score (nSPS) is 9.92. The van der Waals surface area contributed by atoms with Gasteiger partial charge in [-0.2, -0.15) is 0 Å². The summed E-state index contributed by atoms with van der Waals surface area (Å²) in [7, 11) is 1.35. The van der Waals surface area contributed by atoms with Crippen molar-refractivity contribution in [1.29, 1.82) is 0 Å². The van der Waals surface area contributed by atoms with Gasteiger partial charge < -0.3 is 10.1 Å². The van der Waals surface area contributed by atoms with E-state index < -0.39 is 5.97 Å². The van der Waals surface area contributed by atoms with E-state index in [0.717, 1.165) is 16.8 Å². The van der Waals surface area contributed by atoms with Crippen molar-refractivity contribution in [3.8, 4) is 11.8 Å². The fourth-order valence-electron chi connectivity index (χ4n) is 2.24. The van der Waals surface area contributed by atoms with E-state index in [9.17, 15) is 9.59 Å². The monoisotopic (exact) mass is 335 g/mol. The Labute approximate surface area is 148 Å². The molecule has 0 saturated carbocycles. The van der Waals surface area contributed by atoms with Crippen LogP contribution < -0.4 is 5.32 Å². The fourth-order valence-corrected chi connectivity index (χ4v) is 2.24. The molecule has 0 aliphatic carbocycles. The van der Waals surface area contributed by atoms with Gasteiger partial charge in [-0.05, 0) is 42.3 Å². The molecule has 0 atom stereocenters. The Kier molecular flexibility index (Phi) is 6.36. The van der Waals surface area contributed by atoms with E-state index in [1.165, 1.54) is 7.11 Å². The van der Waals surface area contributed by atoms with Crippen molar-refractivity contribution in [2.45, 2.75) is 20.3 Å². The molecule has 0 unspecified atom stereocenters. The Morgan fingerprint density at radius 3 is 2.32 bits per heavy atom. The molecule has 4 heteroatoms. The van der Waals surface area contributed by atoms with Crippen molar-refractivity contribution in [2.75, 3.05) is 12.4 Å². The molecule has 2 aromatic carbocycles. The first-order valence-corrected chi connectivity index (χ1v) is 8.08. The van der Waals surface area contributed by atoms with Crippen LogP contribution in [0.3, 0.4) is 0 Å². The lowest BCUT2D eigenvalue weighted by Crippen LogP contribution is -2.13. The molecule has 0 fully saturated rings. The number of carbonyl (C=O) groups excluding carboxylic acids is 2. The summed E-state index contributed by atoms with van der Waals surface area (Å²) in [6.07, 6.45) is 0.482.